The van der Waals surface area contributed by atoms with Crippen molar-refractivity contribution in [3.63, 3.8) is 0 Å². The lowest BCUT2D eigenvalue weighted by Gasteiger charge is -2.04. The van der Waals surface area contributed by atoms with E-state index in [9.17, 15) is 0 Å². The third-order valence-electron chi connectivity index (χ3n) is 1.97. The summed E-state index contributed by atoms with van der Waals surface area (Å²) in [6.45, 7) is 2.10. The first-order valence-electron chi connectivity index (χ1n) is 4.15. The standard InChI is InChI=1S/C10H11NS/c1-8-7-10(11-12-8)9-5-3-2-4-6-9/h2-3,5,7H,4,6H2,1H3. The summed E-state index contributed by atoms with van der Waals surface area (Å²) >= 11 is 1.58. The Hall–Kier alpha value is -0.890. The first-order chi connectivity index (χ1) is 5.86. The molecule has 0 saturated heterocycles. The molecule has 0 aliphatic heterocycles. The van der Waals surface area contributed by atoms with Gasteiger partial charge in [0.1, 0.15) is 0 Å². The molecule has 0 amide bonds. The second kappa shape index (κ2) is 3.23. The quantitative estimate of drug-likeness (QED) is 0.642. The molecule has 12 heavy (non-hydrogen) atoms. The molecule has 0 bridgehead atoms. The van der Waals surface area contributed by atoms with Crippen molar-refractivity contribution in [2.75, 3.05) is 0 Å². The fraction of sp³-hybridized carbons (Fsp3) is 0.300. The van der Waals surface area contributed by atoms with Crippen LogP contribution < -0.4 is 0 Å². The molecule has 0 aromatic carbocycles. The SMILES string of the molecule is Cc1cc(C2=CC=CCC2)ns1. The van der Waals surface area contributed by atoms with Crippen LogP contribution >= 0.6 is 11.5 Å². The molecule has 0 N–H and O–H groups in total. The molecule has 0 fully saturated rings. The zero-order chi connectivity index (χ0) is 8.39. The number of allylic oxidation sites excluding steroid dienone is 4. The minimum atomic E-state index is 1.14. The van der Waals surface area contributed by atoms with Gasteiger partial charge in [0.05, 0.1) is 5.69 Å². The molecule has 1 heterocycles. The van der Waals surface area contributed by atoms with Gasteiger partial charge in [-0.25, -0.2) is 0 Å². The summed E-state index contributed by atoms with van der Waals surface area (Å²) in [5.41, 5.74) is 2.55. The fourth-order valence-electron chi connectivity index (χ4n) is 1.33. The molecule has 1 aliphatic rings. The van der Waals surface area contributed by atoms with E-state index in [1.807, 2.05) is 0 Å². The van der Waals surface area contributed by atoms with Gasteiger partial charge in [-0.1, -0.05) is 18.2 Å². The van der Waals surface area contributed by atoms with Gasteiger partial charge < -0.3 is 0 Å². The highest BCUT2D eigenvalue weighted by atomic mass is 32.1. The van der Waals surface area contributed by atoms with Gasteiger partial charge in [-0.2, -0.15) is 4.37 Å². The minimum absolute atomic E-state index is 1.14. The largest absolute Gasteiger partial charge is 0.193 e. The van der Waals surface area contributed by atoms with Crippen LogP contribution in [0.1, 0.15) is 23.4 Å². The highest BCUT2D eigenvalue weighted by Gasteiger charge is 2.05. The molecule has 0 radical (unpaired) electrons. The summed E-state index contributed by atoms with van der Waals surface area (Å²) in [4.78, 5) is 1.29. The van der Waals surface area contributed by atoms with E-state index >= 15 is 0 Å². The molecular formula is C10H11NS. The average Bonchev–Trinajstić information content (AvgIpc) is 2.54. The van der Waals surface area contributed by atoms with Gasteiger partial charge in [-0.15, -0.1) is 0 Å². The van der Waals surface area contributed by atoms with Gasteiger partial charge in [-0.3, -0.25) is 0 Å². The molecule has 1 nitrogen and oxygen atoms in total. The van der Waals surface area contributed by atoms with E-state index < -0.39 is 0 Å². The van der Waals surface area contributed by atoms with E-state index in [1.54, 1.807) is 11.5 Å². The van der Waals surface area contributed by atoms with Crippen LogP contribution in [0.25, 0.3) is 5.57 Å². The van der Waals surface area contributed by atoms with Crippen LogP contribution in [-0.4, -0.2) is 4.37 Å². The predicted molar refractivity (Wildman–Crippen MR) is 53.2 cm³/mol. The van der Waals surface area contributed by atoms with Crippen LogP contribution in [-0.2, 0) is 0 Å². The van der Waals surface area contributed by atoms with Crippen molar-refractivity contribution in [3.05, 3.63) is 34.9 Å². The molecule has 0 atom stereocenters. The van der Waals surface area contributed by atoms with E-state index in [4.69, 9.17) is 0 Å². The maximum Gasteiger partial charge on any atom is 0.0803 e. The Morgan fingerprint density at radius 2 is 2.42 bits per heavy atom. The zero-order valence-corrected chi connectivity index (χ0v) is 7.90. The van der Waals surface area contributed by atoms with Crippen molar-refractivity contribution >= 4 is 17.1 Å². The molecule has 0 unspecified atom stereocenters. The molecule has 0 spiro atoms. The number of aryl methyl sites for hydroxylation is 1. The normalized spacial score (nSPS) is 16.2. The summed E-state index contributed by atoms with van der Waals surface area (Å²) in [6.07, 6.45) is 8.77. The maximum atomic E-state index is 4.38. The van der Waals surface area contributed by atoms with Gasteiger partial charge in [0.25, 0.3) is 0 Å². The predicted octanol–water partition coefficient (Wildman–Crippen LogP) is 3.18. The van der Waals surface area contributed by atoms with Crippen LogP contribution in [0.5, 0.6) is 0 Å². The lowest BCUT2D eigenvalue weighted by Crippen LogP contribution is -1.86. The Morgan fingerprint density at radius 3 is 3.00 bits per heavy atom. The summed E-state index contributed by atoms with van der Waals surface area (Å²) in [7, 11) is 0. The molecule has 2 rings (SSSR count). The van der Waals surface area contributed by atoms with Crippen LogP contribution in [0.3, 0.4) is 0 Å². The highest BCUT2D eigenvalue weighted by molar-refractivity contribution is 7.05. The topological polar surface area (TPSA) is 12.9 Å². The van der Waals surface area contributed by atoms with Gasteiger partial charge in [0.2, 0.25) is 0 Å². The van der Waals surface area contributed by atoms with E-state index in [2.05, 4.69) is 35.6 Å². The fourth-order valence-corrected chi connectivity index (χ4v) is 1.91. The van der Waals surface area contributed by atoms with Crippen molar-refractivity contribution in [1.82, 2.24) is 4.37 Å². The second-order valence-corrected chi connectivity index (χ2v) is 3.99. The Balaban J connectivity index is 2.30. The highest BCUT2D eigenvalue weighted by Crippen LogP contribution is 2.24. The minimum Gasteiger partial charge on any atom is -0.193 e. The Kier molecular flexibility index (Phi) is 2.09. The van der Waals surface area contributed by atoms with Crippen LogP contribution in [0.4, 0.5) is 0 Å². The Bertz CT molecular complexity index is 333. The number of hydrogen-bond donors (Lipinski definition) is 0. The third kappa shape index (κ3) is 1.48. The van der Waals surface area contributed by atoms with Crippen LogP contribution in [0.15, 0.2) is 24.3 Å². The Morgan fingerprint density at radius 1 is 1.50 bits per heavy atom. The maximum absolute atomic E-state index is 4.38. The number of aromatic nitrogens is 1. The van der Waals surface area contributed by atoms with Crippen molar-refractivity contribution in [1.29, 1.82) is 0 Å². The molecule has 1 aromatic rings. The second-order valence-electron chi connectivity index (χ2n) is 2.98. The van der Waals surface area contributed by atoms with Crippen molar-refractivity contribution < 1.29 is 0 Å². The molecule has 0 saturated carbocycles. The van der Waals surface area contributed by atoms with Crippen molar-refractivity contribution in [2.24, 2.45) is 0 Å². The Labute approximate surface area is 76.6 Å². The first-order valence-corrected chi connectivity index (χ1v) is 4.93. The van der Waals surface area contributed by atoms with E-state index in [0.717, 1.165) is 12.8 Å². The smallest absolute Gasteiger partial charge is 0.0803 e. The van der Waals surface area contributed by atoms with Gasteiger partial charge in [-0.05, 0) is 42.9 Å². The molecule has 2 heteroatoms. The summed E-state index contributed by atoms with van der Waals surface area (Å²) in [6, 6.07) is 2.16. The van der Waals surface area contributed by atoms with E-state index in [-0.39, 0.29) is 0 Å². The van der Waals surface area contributed by atoms with Crippen LogP contribution in [0.2, 0.25) is 0 Å². The van der Waals surface area contributed by atoms with Gasteiger partial charge in [0.15, 0.2) is 0 Å². The summed E-state index contributed by atoms with van der Waals surface area (Å²) in [5.74, 6) is 0. The molecule has 1 aliphatic carbocycles. The molecule has 62 valence electrons. The third-order valence-corrected chi connectivity index (χ3v) is 2.66. The lowest BCUT2D eigenvalue weighted by molar-refractivity contribution is 1.05. The van der Waals surface area contributed by atoms with Gasteiger partial charge >= 0.3 is 0 Å². The lowest BCUT2D eigenvalue weighted by atomic mass is 10.0. The number of nitrogens with zero attached hydrogens (tertiary/aromatic N) is 1. The number of rotatable bonds is 1. The van der Waals surface area contributed by atoms with Crippen LogP contribution in [0, 0.1) is 6.92 Å². The summed E-state index contributed by atoms with van der Waals surface area (Å²) < 4.78 is 4.38. The average molecular weight is 177 g/mol. The number of hydrogen-bond acceptors (Lipinski definition) is 2. The summed E-state index contributed by atoms with van der Waals surface area (Å²) in [5, 5.41) is 0. The molecule has 1 aromatic heterocycles. The van der Waals surface area contributed by atoms with E-state index in [0.29, 0.717) is 0 Å². The zero-order valence-electron chi connectivity index (χ0n) is 7.08. The van der Waals surface area contributed by atoms with Crippen molar-refractivity contribution in [3.8, 4) is 0 Å². The van der Waals surface area contributed by atoms with Gasteiger partial charge in [0, 0.05) is 4.88 Å². The first kappa shape index (κ1) is 7.74. The monoisotopic (exact) mass is 177 g/mol. The molecular weight excluding hydrogens is 166 g/mol. The van der Waals surface area contributed by atoms with E-state index in [1.165, 1.54) is 16.1 Å². The van der Waals surface area contributed by atoms with Crippen molar-refractivity contribution in [2.45, 2.75) is 19.8 Å².